The largest absolute Gasteiger partial charge is 0.396 e. The topological polar surface area (TPSA) is 48.8 Å². The smallest absolute Gasteiger partial charge is 0.0705 e. The Morgan fingerprint density at radius 1 is 1.00 bits per heavy atom. The second-order valence-electron chi connectivity index (χ2n) is 7.31. The van der Waals surface area contributed by atoms with E-state index >= 15 is 0 Å². The van der Waals surface area contributed by atoms with Gasteiger partial charge in [0.2, 0.25) is 0 Å². The van der Waals surface area contributed by atoms with Gasteiger partial charge in [-0.1, -0.05) is 24.3 Å². The number of para-hydroxylation sites is 1. The van der Waals surface area contributed by atoms with Gasteiger partial charge in [0.15, 0.2) is 0 Å². The summed E-state index contributed by atoms with van der Waals surface area (Å²) in [5.74, 6) is 0.895. The number of aliphatic hydroxyl groups is 1. The Labute approximate surface area is 149 Å². The maximum atomic E-state index is 9.81. The van der Waals surface area contributed by atoms with Crippen LogP contribution in [-0.4, -0.2) is 72.4 Å². The minimum atomic E-state index is 0.274. The van der Waals surface area contributed by atoms with E-state index in [4.69, 9.17) is 9.72 Å². The summed E-state index contributed by atoms with van der Waals surface area (Å²) < 4.78 is 5.44. The van der Waals surface area contributed by atoms with Crippen molar-refractivity contribution in [3.63, 3.8) is 0 Å². The third kappa shape index (κ3) is 4.01. The highest BCUT2D eigenvalue weighted by atomic mass is 16.5. The molecular weight excluding hydrogens is 314 g/mol. The van der Waals surface area contributed by atoms with Crippen molar-refractivity contribution in [1.82, 2.24) is 14.8 Å². The lowest BCUT2D eigenvalue weighted by atomic mass is 9.96. The predicted octanol–water partition coefficient (Wildman–Crippen LogP) is 1.61. The van der Waals surface area contributed by atoms with E-state index in [1.807, 2.05) is 12.1 Å². The van der Waals surface area contributed by atoms with Crippen LogP contribution in [0.3, 0.4) is 0 Å². The predicted molar refractivity (Wildman–Crippen MR) is 98.3 cm³/mol. The first kappa shape index (κ1) is 16.9. The SMILES string of the molecule is OC[C@H]1CN(Cc2ccc3ccccc3n2)C[C@H]1CN1CCOCC1. The van der Waals surface area contributed by atoms with Crippen LogP contribution < -0.4 is 0 Å². The van der Waals surface area contributed by atoms with Crippen LogP contribution in [0.2, 0.25) is 0 Å². The van der Waals surface area contributed by atoms with Crippen LogP contribution in [0.5, 0.6) is 0 Å². The fourth-order valence-electron chi connectivity index (χ4n) is 4.12. The van der Waals surface area contributed by atoms with Gasteiger partial charge in [-0.2, -0.15) is 0 Å². The number of aromatic nitrogens is 1. The molecule has 25 heavy (non-hydrogen) atoms. The van der Waals surface area contributed by atoms with Crippen molar-refractivity contribution in [3.05, 3.63) is 42.1 Å². The first-order chi connectivity index (χ1) is 12.3. The highest BCUT2D eigenvalue weighted by Crippen LogP contribution is 2.26. The second-order valence-corrected chi connectivity index (χ2v) is 7.31. The fourth-order valence-corrected chi connectivity index (χ4v) is 4.12. The second kappa shape index (κ2) is 7.79. The zero-order chi connectivity index (χ0) is 17.1. The molecule has 0 saturated carbocycles. The molecule has 134 valence electrons. The average Bonchev–Trinajstić information content (AvgIpc) is 3.03. The van der Waals surface area contributed by atoms with E-state index in [0.717, 1.165) is 63.7 Å². The van der Waals surface area contributed by atoms with Crippen LogP contribution in [0.1, 0.15) is 5.69 Å². The van der Waals surface area contributed by atoms with Crippen molar-refractivity contribution in [2.45, 2.75) is 6.54 Å². The molecule has 2 aliphatic rings. The highest BCUT2D eigenvalue weighted by molar-refractivity contribution is 5.78. The van der Waals surface area contributed by atoms with Gasteiger partial charge in [-0.25, -0.2) is 0 Å². The van der Waals surface area contributed by atoms with Crippen LogP contribution in [0.15, 0.2) is 36.4 Å². The molecule has 1 aromatic carbocycles. The van der Waals surface area contributed by atoms with Gasteiger partial charge in [0.25, 0.3) is 0 Å². The van der Waals surface area contributed by atoms with Gasteiger partial charge in [0.1, 0.15) is 0 Å². The molecule has 2 fully saturated rings. The zero-order valence-electron chi connectivity index (χ0n) is 14.7. The van der Waals surface area contributed by atoms with Crippen molar-refractivity contribution in [1.29, 1.82) is 0 Å². The van der Waals surface area contributed by atoms with Crippen LogP contribution in [0.25, 0.3) is 10.9 Å². The average molecular weight is 341 g/mol. The number of likely N-dealkylation sites (tertiary alicyclic amines) is 1. The third-order valence-electron chi connectivity index (χ3n) is 5.52. The minimum absolute atomic E-state index is 0.274. The molecular formula is C20H27N3O2. The van der Waals surface area contributed by atoms with Crippen molar-refractivity contribution in [2.24, 2.45) is 11.8 Å². The van der Waals surface area contributed by atoms with Crippen LogP contribution in [0.4, 0.5) is 0 Å². The Bertz CT molecular complexity index is 702. The van der Waals surface area contributed by atoms with Gasteiger partial charge in [-0.3, -0.25) is 14.8 Å². The zero-order valence-corrected chi connectivity index (χ0v) is 14.7. The van der Waals surface area contributed by atoms with E-state index in [0.29, 0.717) is 11.8 Å². The molecule has 1 N–H and O–H groups in total. The Hall–Kier alpha value is -1.53. The highest BCUT2D eigenvalue weighted by Gasteiger charge is 2.33. The maximum Gasteiger partial charge on any atom is 0.0705 e. The van der Waals surface area contributed by atoms with Crippen molar-refractivity contribution in [3.8, 4) is 0 Å². The molecule has 4 rings (SSSR count). The summed E-state index contributed by atoms with van der Waals surface area (Å²) in [7, 11) is 0. The van der Waals surface area contributed by atoms with Gasteiger partial charge in [0, 0.05) is 51.3 Å². The van der Waals surface area contributed by atoms with E-state index < -0.39 is 0 Å². The third-order valence-corrected chi connectivity index (χ3v) is 5.52. The van der Waals surface area contributed by atoms with Gasteiger partial charge < -0.3 is 9.84 Å². The van der Waals surface area contributed by atoms with Crippen LogP contribution in [-0.2, 0) is 11.3 Å². The molecule has 0 radical (unpaired) electrons. The number of hydrogen-bond acceptors (Lipinski definition) is 5. The molecule has 2 aliphatic heterocycles. The number of fused-ring (bicyclic) bond motifs is 1. The molecule has 0 aliphatic carbocycles. The van der Waals surface area contributed by atoms with Crippen molar-refractivity contribution in [2.75, 3.05) is 52.5 Å². The number of benzene rings is 1. The summed E-state index contributed by atoms with van der Waals surface area (Å²) in [6.07, 6.45) is 0. The Balaban J connectivity index is 1.40. The molecule has 3 heterocycles. The summed E-state index contributed by atoms with van der Waals surface area (Å²) in [4.78, 5) is 9.73. The molecule has 0 unspecified atom stereocenters. The van der Waals surface area contributed by atoms with Crippen molar-refractivity contribution < 1.29 is 9.84 Å². The van der Waals surface area contributed by atoms with E-state index in [-0.39, 0.29) is 6.61 Å². The van der Waals surface area contributed by atoms with Gasteiger partial charge in [-0.05, 0) is 24.0 Å². The lowest BCUT2D eigenvalue weighted by Crippen LogP contribution is -2.41. The summed E-state index contributed by atoms with van der Waals surface area (Å²) in [6, 6.07) is 12.5. The number of nitrogens with zero attached hydrogens (tertiary/aromatic N) is 3. The molecule has 2 saturated heterocycles. The molecule has 0 bridgehead atoms. The quantitative estimate of drug-likeness (QED) is 0.895. The van der Waals surface area contributed by atoms with E-state index in [1.165, 1.54) is 5.39 Å². The Morgan fingerprint density at radius 2 is 1.80 bits per heavy atom. The number of ether oxygens (including phenoxy) is 1. The maximum absolute atomic E-state index is 9.81. The van der Waals surface area contributed by atoms with E-state index in [9.17, 15) is 5.11 Å². The summed E-state index contributed by atoms with van der Waals surface area (Å²) in [6.45, 7) is 7.90. The van der Waals surface area contributed by atoms with Gasteiger partial charge in [-0.15, -0.1) is 0 Å². The minimum Gasteiger partial charge on any atom is -0.396 e. The number of rotatable bonds is 5. The first-order valence-electron chi connectivity index (χ1n) is 9.30. The molecule has 1 aromatic heterocycles. The molecule has 5 nitrogen and oxygen atoms in total. The molecule has 5 heteroatoms. The first-order valence-corrected chi connectivity index (χ1v) is 9.30. The van der Waals surface area contributed by atoms with E-state index in [1.54, 1.807) is 0 Å². The lowest BCUT2D eigenvalue weighted by Gasteiger charge is -2.30. The van der Waals surface area contributed by atoms with Gasteiger partial charge >= 0.3 is 0 Å². The number of morpholine rings is 1. The summed E-state index contributed by atoms with van der Waals surface area (Å²) in [5.41, 5.74) is 2.17. The summed E-state index contributed by atoms with van der Waals surface area (Å²) in [5, 5.41) is 11.0. The summed E-state index contributed by atoms with van der Waals surface area (Å²) >= 11 is 0. The molecule has 2 atom stereocenters. The molecule has 0 spiro atoms. The normalized spacial score (nSPS) is 25.6. The standard InChI is InChI=1S/C20H27N3O2/c24-15-18-13-23(12-17(18)11-22-7-9-25-10-8-22)14-19-6-5-16-3-1-2-4-20(16)21-19/h1-6,17-18,24H,7-15H2/t17-,18-/m1/s1. The number of pyridine rings is 1. The van der Waals surface area contributed by atoms with Crippen molar-refractivity contribution >= 4 is 10.9 Å². The monoisotopic (exact) mass is 341 g/mol. The lowest BCUT2D eigenvalue weighted by molar-refractivity contribution is 0.0264. The van der Waals surface area contributed by atoms with Gasteiger partial charge in [0.05, 0.1) is 24.4 Å². The molecule has 0 amide bonds. The Morgan fingerprint density at radius 3 is 2.64 bits per heavy atom. The molecule has 2 aromatic rings. The van der Waals surface area contributed by atoms with Crippen LogP contribution in [0, 0.1) is 11.8 Å². The number of aliphatic hydroxyl groups excluding tert-OH is 1. The number of hydrogen-bond donors (Lipinski definition) is 1. The van der Waals surface area contributed by atoms with Crippen LogP contribution >= 0.6 is 0 Å². The van der Waals surface area contributed by atoms with E-state index in [2.05, 4.69) is 34.1 Å². The fraction of sp³-hybridized carbons (Fsp3) is 0.550. The Kier molecular flexibility index (Phi) is 5.27.